The second-order valence-electron chi connectivity index (χ2n) is 4.25. The first-order valence-electron chi connectivity index (χ1n) is 5.94. The minimum absolute atomic E-state index is 0.284. The van der Waals surface area contributed by atoms with Gasteiger partial charge in [-0.1, -0.05) is 0 Å². The van der Waals surface area contributed by atoms with Crippen LogP contribution >= 0.6 is 11.6 Å². The van der Waals surface area contributed by atoms with Crippen molar-refractivity contribution < 1.29 is 4.39 Å². The lowest BCUT2D eigenvalue weighted by molar-refractivity contribution is 0.576. The largest absolute Gasteiger partial charge is 0.336 e. The maximum atomic E-state index is 13.2. The minimum Gasteiger partial charge on any atom is -0.336 e. The molecule has 2 heterocycles. The first-order valence-corrected chi connectivity index (χ1v) is 6.48. The predicted octanol–water partition coefficient (Wildman–Crippen LogP) is 2.81. The molecule has 0 amide bonds. The van der Waals surface area contributed by atoms with Gasteiger partial charge in [-0.15, -0.1) is 11.6 Å². The maximum Gasteiger partial charge on any atom is 0.125 e. The maximum absolute atomic E-state index is 13.2. The Kier molecular flexibility index (Phi) is 3.21. The number of alkyl halides is 1. The molecule has 4 nitrogen and oxygen atoms in total. The Morgan fingerprint density at radius 2 is 2.16 bits per heavy atom. The van der Waals surface area contributed by atoms with Crippen LogP contribution in [0.1, 0.15) is 5.82 Å². The van der Waals surface area contributed by atoms with Crippen molar-refractivity contribution in [2.24, 2.45) is 0 Å². The van der Waals surface area contributed by atoms with E-state index in [1.54, 1.807) is 18.6 Å². The van der Waals surface area contributed by atoms with Gasteiger partial charge in [-0.3, -0.25) is 0 Å². The van der Waals surface area contributed by atoms with E-state index in [1.807, 2.05) is 15.3 Å². The summed E-state index contributed by atoms with van der Waals surface area (Å²) in [5.41, 5.74) is 1.54. The van der Waals surface area contributed by atoms with E-state index in [0.717, 1.165) is 24.4 Å². The Balaban J connectivity index is 1.96. The Hall–Kier alpha value is -1.88. The standard InChI is InChI=1S/C13H12ClFN4/c14-8-13-17-11-7-10(15)1-2-12(11)19(13)6-5-18-4-3-16-9-18/h1-4,7,9H,5-6,8H2. The summed E-state index contributed by atoms with van der Waals surface area (Å²) in [6, 6.07) is 4.61. The van der Waals surface area contributed by atoms with Crippen molar-refractivity contribution in [3.8, 4) is 0 Å². The van der Waals surface area contributed by atoms with Crippen LogP contribution in [0.2, 0.25) is 0 Å². The molecule has 0 radical (unpaired) electrons. The molecule has 1 aromatic carbocycles. The number of halogens is 2. The van der Waals surface area contributed by atoms with Crippen LogP contribution in [0.3, 0.4) is 0 Å². The molecule has 0 N–H and O–H groups in total. The van der Waals surface area contributed by atoms with Crippen LogP contribution in [-0.2, 0) is 19.0 Å². The molecule has 19 heavy (non-hydrogen) atoms. The number of rotatable bonds is 4. The van der Waals surface area contributed by atoms with Crippen LogP contribution in [0.5, 0.6) is 0 Å². The number of nitrogens with zero attached hydrogens (tertiary/aromatic N) is 4. The molecule has 0 fully saturated rings. The van der Waals surface area contributed by atoms with Crippen molar-refractivity contribution in [3.05, 3.63) is 48.6 Å². The van der Waals surface area contributed by atoms with E-state index in [2.05, 4.69) is 9.97 Å². The van der Waals surface area contributed by atoms with Crippen molar-refractivity contribution in [3.63, 3.8) is 0 Å². The third kappa shape index (κ3) is 2.33. The van der Waals surface area contributed by atoms with E-state index in [1.165, 1.54) is 12.1 Å². The van der Waals surface area contributed by atoms with E-state index in [9.17, 15) is 4.39 Å². The van der Waals surface area contributed by atoms with Crippen molar-refractivity contribution in [2.45, 2.75) is 19.0 Å². The average Bonchev–Trinajstić information content (AvgIpc) is 3.02. The molecule has 0 saturated carbocycles. The minimum atomic E-state index is -0.284. The van der Waals surface area contributed by atoms with Gasteiger partial charge in [0.05, 0.1) is 23.2 Å². The monoisotopic (exact) mass is 278 g/mol. The molecule has 0 aliphatic carbocycles. The van der Waals surface area contributed by atoms with Crippen molar-refractivity contribution >= 4 is 22.6 Å². The fourth-order valence-electron chi connectivity index (χ4n) is 2.14. The molecule has 0 aliphatic heterocycles. The van der Waals surface area contributed by atoms with Gasteiger partial charge in [-0.05, 0) is 12.1 Å². The first kappa shape index (κ1) is 12.2. The SMILES string of the molecule is Fc1ccc2c(c1)nc(CCl)n2CCn1ccnc1. The van der Waals surface area contributed by atoms with E-state index in [4.69, 9.17) is 11.6 Å². The second kappa shape index (κ2) is 5.01. The Bertz CT molecular complexity index is 690. The van der Waals surface area contributed by atoms with Crippen molar-refractivity contribution in [1.82, 2.24) is 19.1 Å². The van der Waals surface area contributed by atoms with Crippen LogP contribution in [0, 0.1) is 5.82 Å². The summed E-state index contributed by atoms with van der Waals surface area (Å²) in [5.74, 6) is 0.774. The van der Waals surface area contributed by atoms with Crippen LogP contribution in [0.25, 0.3) is 11.0 Å². The highest BCUT2D eigenvalue weighted by atomic mass is 35.5. The fraction of sp³-hybridized carbons (Fsp3) is 0.231. The van der Waals surface area contributed by atoms with E-state index >= 15 is 0 Å². The van der Waals surface area contributed by atoms with Gasteiger partial charge in [0.25, 0.3) is 0 Å². The Morgan fingerprint density at radius 1 is 1.26 bits per heavy atom. The van der Waals surface area contributed by atoms with E-state index in [-0.39, 0.29) is 5.82 Å². The summed E-state index contributed by atoms with van der Waals surface area (Å²) < 4.78 is 17.2. The molecule has 3 rings (SSSR count). The zero-order valence-corrected chi connectivity index (χ0v) is 10.9. The predicted molar refractivity (Wildman–Crippen MR) is 71.5 cm³/mol. The lowest BCUT2D eigenvalue weighted by Gasteiger charge is -2.08. The molecule has 2 aromatic heterocycles. The molecule has 0 aliphatic rings. The zero-order valence-electron chi connectivity index (χ0n) is 10.1. The molecule has 0 bridgehead atoms. The van der Waals surface area contributed by atoms with E-state index in [0.29, 0.717) is 11.4 Å². The zero-order chi connectivity index (χ0) is 13.2. The van der Waals surface area contributed by atoms with Crippen LogP contribution in [0.15, 0.2) is 36.9 Å². The summed E-state index contributed by atoms with van der Waals surface area (Å²) in [6.07, 6.45) is 5.40. The van der Waals surface area contributed by atoms with Crippen molar-refractivity contribution in [1.29, 1.82) is 0 Å². The van der Waals surface area contributed by atoms with Crippen LogP contribution in [0.4, 0.5) is 4.39 Å². The first-order chi connectivity index (χ1) is 9.28. The van der Waals surface area contributed by atoms with E-state index < -0.39 is 0 Å². The molecular weight excluding hydrogens is 267 g/mol. The summed E-state index contributed by atoms with van der Waals surface area (Å²) in [4.78, 5) is 8.36. The summed E-state index contributed by atoms with van der Waals surface area (Å²) in [7, 11) is 0. The lowest BCUT2D eigenvalue weighted by Crippen LogP contribution is -2.08. The van der Waals surface area contributed by atoms with Crippen molar-refractivity contribution in [2.75, 3.05) is 0 Å². The highest BCUT2D eigenvalue weighted by molar-refractivity contribution is 6.16. The number of hydrogen-bond acceptors (Lipinski definition) is 2. The summed E-state index contributed by atoms with van der Waals surface area (Å²) in [5, 5.41) is 0. The second-order valence-corrected chi connectivity index (χ2v) is 4.51. The third-order valence-corrected chi connectivity index (χ3v) is 3.29. The summed E-state index contributed by atoms with van der Waals surface area (Å²) >= 11 is 5.91. The molecule has 0 saturated heterocycles. The molecular formula is C13H12ClFN4. The average molecular weight is 279 g/mol. The van der Waals surface area contributed by atoms with Gasteiger partial charge in [0, 0.05) is 31.5 Å². The molecule has 0 spiro atoms. The molecule has 0 unspecified atom stereocenters. The van der Waals surface area contributed by atoms with Crippen LogP contribution < -0.4 is 0 Å². The number of aryl methyl sites for hydroxylation is 2. The van der Waals surface area contributed by atoms with Gasteiger partial charge in [-0.25, -0.2) is 14.4 Å². The normalized spacial score (nSPS) is 11.3. The number of fused-ring (bicyclic) bond motifs is 1. The summed E-state index contributed by atoms with van der Waals surface area (Å²) in [6.45, 7) is 1.49. The highest BCUT2D eigenvalue weighted by Gasteiger charge is 2.10. The molecule has 0 atom stereocenters. The van der Waals surface area contributed by atoms with Gasteiger partial charge < -0.3 is 9.13 Å². The van der Waals surface area contributed by atoms with Gasteiger partial charge >= 0.3 is 0 Å². The van der Waals surface area contributed by atoms with Crippen LogP contribution in [-0.4, -0.2) is 19.1 Å². The Labute approximate surface area is 114 Å². The number of hydrogen-bond donors (Lipinski definition) is 0. The molecule has 98 valence electrons. The topological polar surface area (TPSA) is 35.6 Å². The number of benzene rings is 1. The fourth-order valence-corrected chi connectivity index (χ4v) is 2.34. The van der Waals surface area contributed by atoms with Gasteiger partial charge in [0.15, 0.2) is 0 Å². The number of aromatic nitrogens is 4. The van der Waals surface area contributed by atoms with Gasteiger partial charge in [-0.2, -0.15) is 0 Å². The molecule has 6 heteroatoms. The smallest absolute Gasteiger partial charge is 0.125 e. The van der Waals surface area contributed by atoms with Gasteiger partial charge in [0.2, 0.25) is 0 Å². The quantitative estimate of drug-likeness (QED) is 0.688. The van der Waals surface area contributed by atoms with Gasteiger partial charge in [0.1, 0.15) is 11.6 Å². The third-order valence-electron chi connectivity index (χ3n) is 3.05. The Morgan fingerprint density at radius 3 is 2.89 bits per heavy atom. The molecule has 3 aromatic rings. The number of imidazole rings is 2. The lowest BCUT2D eigenvalue weighted by atomic mass is 10.3. The highest BCUT2D eigenvalue weighted by Crippen LogP contribution is 2.19.